The summed E-state index contributed by atoms with van der Waals surface area (Å²) in [4.78, 5) is 9.25. The molecule has 112 valence electrons. The largest absolute Gasteiger partial charge is 0.385 e. The first-order chi connectivity index (χ1) is 9.69. The Morgan fingerprint density at radius 2 is 2.05 bits per heavy atom. The molecule has 1 saturated heterocycles. The summed E-state index contributed by atoms with van der Waals surface area (Å²) in [6, 6.07) is 6.07. The van der Waals surface area contributed by atoms with Crippen LogP contribution in [0.1, 0.15) is 13.3 Å². The van der Waals surface area contributed by atoms with Gasteiger partial charge in [0.1, 0.15) is 5.82 Å². The Balaban J connectivity index is 1.93. The van der Waals surface area contributed by atoms with E-state index in [1.54, 1.807) is 7.11 Å². The normalized spacial score (nSPS) is 19.9. The van der Waals surface area contributed by atoms with E-state index in [2.05, 4.69) is 27.8 Å². The molecule has 0 aromatic carbocycles. The van der Waals surface area contributed by atoms with Crippen LogP contribution in [0.2, 0.25) is 0 Å². The summed E-state index contributed by atoms with van der Waals surface area (Å²) in [5.74, 6) is 1.07. The number of nitrogens with zero attached hydrogens (tertiary/aromatic N) is 3. The zero-order valence-electron chi connectivity index (χ0n) is 12.6. The standard InChI is InChI=1S/C15H26N4O/c1-15(13-16,6-12-20-2)19-10-8-18(9-11-19)14-5-3-4-7-17-14/h3-5,7H,6,8-13,16H2,1-2H3. The van der Waals surface area contributed by atoms with Gasteiger partial charge in [0.25, 0.3) is 0 Å². The van der Waals surface area contributed by atoms with Gasteiger partial charge in [0.2, 0.25) is 0 Å². The molecule has 2 rings (SSSR count). The third-order valence-electron chi connectivity index (χ3n) is 4.30. The molecule has 0 aliphatic carbocycles. The SMILES string of the molecule is COCCC(C)(CN)N1CCN(c2ccccn2)CC1. The van der Waals surface area contributed by atoms with Gasteiger partial charge in [-0.05, 0) is 25.5 Å². The maximum atomic E-state index is 6.00. The molecule has 0 saturated carbocycles. The lowest BCUT2D eigenvalue weighted by molar-refractivity contribution is 0.0637. The molecule has 0 amide bonds. The fourth-order valence-electron chi connectivity index (χ4n) is 2.73. The summed E-state index contributed by atoms with van der Waals surface area (Å²) in [6.07, 6.45) is 2.83. The minimum absolute atomic E-state index is 0.0339. The fourth-order valence-corrected chi connectivity index (χ4v) is 2.73. The Labute approximate surface area is 121 Å². The van der Waals surface area contributed by atoms with E-state index in [1.165, 1.54) is 0 Å². The van der Waals surface area contributed by atoms with Gasteiger partial charge in [-0.25, -0.2) is 4.98 Å². The summed E-state index contributed by atoms with van der Waals surface area (Å²) in [5.41, 5.74) is 6.04. The van der Waals surface area contributed by atoms with Crippen molar-refractivity contribution in [2.75, 3.05) is 51.3 Å². The number of pyridine rings is 1. The molecular formula is C15H26N4O. The maximum absolute atomic E-state index is 6.00. The second-order valence-corrected chi connectivity index (χ2v) is 5.61. The number of hydrogen-bond acceptors (Lipinski definition) is 5. The Morgan fingerprint density at radius 3 is 2.60 bits per heavy atom. The van der Waals surface area contributed by atoms with Gasteiger partial charge >= 0.3 is 0 Å². The molecule has 20 heavy (non-hydrogen) atoms. The van der Waals surface area contributed by atoms with Crippen LogP contribution in [-0.2, 0) is 4.74 Å². The summed E-state index contributed by atoms with van der Waals surface area (Å²) in [7, 11) is 1.75. The minimum Gasteiger partial charge on any atom is -0.385 e. The highest BCUT2D eigenvalue weighted by Crippen LogP contribution is 2.22. The Morgan fingerprint density at radius 1 is 1.30 bits per heavy atom. The molecule has 0 bridgehead atoms. The predicted octanol–water partition coefficient (Wildman–Crippen LogP) is 0.958. The zero-order chi connectivity index (χ0) is 14.4. The average molecular weight is 278 g/mol. The summed E-state index contributed by atoms with van der Waals surface area (Å²) in [6.45, 7) is 7.71. The van der Waals surface area contributed by atoms with Crippen LogP contribution in [0.4, 0.5) is 5.82 Å². The van der Waals surface area contributed by atoms with Gasteiger partial charge in [-0.2, -0.15) is 0 Å². The summed E-state index contributed by atoms with van der Waals surface area (Å²) >= 11 is 0. The van der Waals surface area contributed by atoms with Crippen LogP contribution >= 0.6 is 0 Å². The number of rotatable bonds is 6. The van der Waals surface area contributed by atoms with Gasteiger partial charge in [0, 0.05) is 58.2 Å². The van der Waals surface area contributed by atoms with Crippen LogP contribution in [0.5, 0.6) is 0 Å². The van der Waals surface area contributed by atoms with Gasteiger partial charge in [-0.1, -0.05) is 6.07 Å². The molecule has 1 atom stereocenters. The van der Waals surface area contributed by atoms with E-state index in [0.29, 0.717) is 6.54 Å². The lowest BCUT2D eigenvalue weighted by Crippen LogP contribution is -2.59. The van der Waals surface area contributed by atoms with Crippen molar-refractivity contribution in [3.63, 3.8) is 0 Å². The number of nitrogens with two attached hydrogens (primary N) is 1. The zero-order valence-corrected chi connectivity index (χ0v) is 12.6. The van der Waals surface area contributed by atoms with Crippen LogP contribution in [0.3, 0.4) is 0 Å². The summed E-state index contributed by atoms with van der Waals surface area (Å²) < 4.78 is 5.22. The Bertz CT molecular complexity index is 392. The van der Waals surface area contributed by atoms with E-state index in [4.69, 9.17) is 10.5 Å². The molecule has 0 spiro atoms. The number of aromatic nitrogens is 1. The second-order valence-electron chi connectivity index (χ2n) is 5.61. The molecule has 5 nitrogen and oxygen atoms in total. The third kappa shape index (κ3) is 3.48. The summed E-state index contributed by atoms with van der Waals surface area (Å²) in [5, 5.41) is 0. The molecule has 1 aliphatic rings. The third-order valence-corrected chi connectivity index (χ3v) is 4.30. The van der Waals surface area contributed by atoms with Crippen LogP contribution in [0, 0.1) is 0 Å². The number of methoxy groups -OCH3 is 1. The van der Waals surface area contributed by atoms with E-state index in [9.17, 15) is 0 Å². The molecule has 1 unspecified atom stereocenters. The molecule has 2 heterocycles. The molecule has 1 aliphatic heterocycles. The van der Waals surface area contributed by atoms with Crippen molar-refractivity contribution in [1.29, 1.82) is 0 Å². The van der Waals surface area contributed by atoms with E-state index in [-0.39, 0.29) is 5.54 Å². The van der Waals surface area contributed by atoms with Crippen LogP contribution in [0.25, 0.3) is 0 Å². The van der Waals surface area contributed by atoms with E-state index in [0.717, 1.165) is 45.0 Å². The quantitative estimate of drug-likeness (QED) is 0.840. The Kier molecular flexibility index (Phi) is 5.34. The smallest absolute Gasteiger partial charge is 0.128 e. The molecular weight excluding hydrogens is 252 g/mol. The molecule has 2 N–H and O–H groups in total. The van der Waals surface area contributed by atoms with Crippen molar-refractivity contribution >= 4 is 5.82 Å². The van der Waals surface area contributed by atoms with Crippen molar-refractivity contribution in [3.05, 3.63) is 24.4 Å². The highest BCUT2D eigenvalue weighted by Gasteiger charge is 2.32. The maximum Gasteiger partial charge on any atom is 0.128 e. The molecule has 5 heteroatoms. The number of piperazine rings is 1. The van der Waals surface area contributed by atoms with E-state index < -0.39 is 0 Å². The highest BCUT2D eigenvalue weighted by atomic mass is 16.5. The van der Waals surface area contributed by atoms with Crippen molar-refractivity contribution in [1.82, 2.24) is 9.88 Å². The average Bonchev–Trinajstić information content (AvgIpc) is 2.53. The monoisotopic (exact) mass is 278 g/mol. The van der Waals surface area contributed by atoms with Crippen molar-refractivity contribution in [2.45, 2.75) is 18.9 Å². The van der Waals surface area contributed by atoms with Crippen LogP contribution in [-0.4, -0.2) is 61.9 Å². The molecule has 1 aromatic rings. The van der Waals surface area contributed by atoms with Gasteiger partial charge in [0.05, 0.1) is 0 Å². The lowest BCUT2D eigenvalue weighted by Gasteiger charge is -2.45. The highest BCUT2D eigenvalue weighted by molar-refractivity contribution is 5.38. The first-order valence-electron chi connectivity index (χ1n) is 7.29. The fraction of sp³-hybridized carbons (Fsp3) is 0.667. The van der Waals surface area contributed by atoms with Crippen molar-refractivity contribution in [2.24, 2.45) is 5.73 Å². The number of hydrogen-bond donors (Lipinski definition) is 1. The number of anilines is 1. The van der Waals surface area contributed by atoms with Crippen molar-refractivity contribution in [3.8, 4) is 0 Å². The van der Waals surface area contributed by atoms with Gasteiger partial charge in [0.15, 0.2) is 0 Å². The van der Waals surface area contributed by atoms with E-state index in [1.807, 2.05) is 18.3 Å². The van der Waals surface area contributed by atoms with Gasteiger partial charge < -0.3 is 15.4 Å². The van der Waals surface area contributed by atoms with Crippen LogP contribution in [0.15, 0.2) is 24.4 Å². The van der Waals surface area contributed by atoms with Crippen LogP contribution < -0.4 is 10.6 Å². The predicted molar refractivity (Wildman–Crippen MR) is 82.0 cm³/mol. The Hall–Kier alpha value is -1.17. The van der Waals surface area contributed by atoms with E-state index >= 15 is 0 Å². The van der Waals surface area contributed by atoms with Crippen molar-refractivity contribution < 1.29 is 4.74 Å². The first-order valence-corrected chi connectivity index (χ1v) is 7.29. The first kappa shape index (κ1) is 15.2. The topological polar surface area (TPSA) is 54.6 Å². The van der Waals surface area contributed by atoms with Gasteiger partial charge in [-0.3, -0.25) is 4.90 Å². The minimum atomic E-state index is 0.0339. The van der Waals surface area contributed by atoms with Gasteiger partial charge in [-0.15, -0.1) is 0 Å². The molecule has 1 aromatic heterocycles. The lowest BCUT2D eigenvalue weighted by atomic mass is 9.95. The molecule has 0 radical (unpaired) electrons. The second kappa shape index (κ2) is 7.02. The molecule has 1 fully saturated rings. The number of ether oxygens (including phenoxy) is 1.